The molecule has 7 nitrogen and oxygen atoms in total. The van der Waals surface area contributed by atoms with Gasteiger partial charge in [0.15, 0.2) is 0 Å². The first-order valence-corrected chi connectivity index (χ1v) is 11.9. The van der Waals surface area contributed by atoms with Crippen molar-refractivity contribution in [3.8, 4) is 11.1 Å². The van der Waals surface area contributed by atoms with Gasteiger partial charge >= 0.3 is 12.1 Å². The molecule has 2 amide bonds. The Bertz CT molecular complexity index is 1030. The van der Waals surface area contributed by atoms with Crippen LogP contribution in [0.5, 0.6) is 0 Å². The van der Waals surface area contributed by atoms with Gasteiger partial charge in [-0.15, -0.1) is 0 Å². The topological polar surface area (TPSA) is 105 Å². The van der Waals surface area contributed by atoms with Crippen molar-refractivity contribution < 1.29 is 24.2 Å². The minimum Gasteiger partial charge on any atom is -0.481 e. The number of hydrogen-bond acceptors (Lipinski definition) is 4. The van der Waals surface area contributed by atoms with Crippen molar-refractivity contribution in [2.75, 3.05) is 13.2 Å². The van der Waals surface area contributed by atoms with Gasteiger partial charge in [0.25, 0.3) is 0 Å². The van der Waals surface area contributed by atoms with Gasteiger partial charge in [-0.25, -0.2) is 4.79 Å². The Labute approximate surface area is 199 Å². The van der Waals surface area contributed by atoms with Gasteiger partial charge in [0.1, 0.15) is 6.61 Å². The van der Waals surface area contributed by atoms with E-state index < -0.39 is 17.5 Å². The van der Waals surface area contributed by atoms with Gasteiger partial charge in [-0.05, 0) is 55.4 Å². The smallest absolute Gasteiger partial charge is 0.407 e. The number of carbonyl (C=O) groups is 3. The van der Waals surface area contributed by atoms with Crippen LogP contribution in [0.4, 0.5) is 4.79 Å². The molecule has 0 saturated heterocycles. The van der Waals surface area contributed by atoms with Crippen molar-refractivity contribution in [2.45, 2.75) is 51.5 Å². The zero-order chi connectivity index (χ0) is 24.3. The lowest BCUT2D eigenvalue weighted by Gasteiger charge is -2.23. The molecular weight excluding hydrogens is 432 g/mol. The zero-order valence-electron chi connectivity index (χ0n) is 19.7. The number of rotatable bonds is 8. The van der Waals surface area contributed by atoms with Crippen molar-refractivity contribution in [1.82, 2.24) is 10.6 Å². The molecule has 0 heterocycles. The summed E-state index contributed by atoms with van der Waals surface area (Å²) >= 11 is 0. The van der Waals surface area contributed by atoms with Gasteiger partial charge in [-0.1, -0.05) is 55.0 Å². The van der Waals surface area contributed by atoms with Crippen LogP contribution < -0.4 is 10.6 Å². The number of hydrogen-bond donors (Lipinski definition) is 3. The Balaban J connectivity index is 1.31. The lowest BCUT2D eigenvalue weighted by atomic mass is 9.89. The van der Waals surface area contributed by atoms with E-state index in [1.54, 1.807) is 13.8 Å². The summed E-state index contributed by atoms with van der Waals surface area (Å²) in [5, 5.41) is 15.0. The molecule has 0 aromatic heterocycles. The number of ether oxygens (including phenoxy) is 1. The van der Waals surface area contributed by atoms with Crippen LogP contribution in [0.3, 0.4) is 0 Å². The summed E-state index contributed by atoms with van der Waals surface area (Å²) in [4.78, 5) is 36.6. The molecule has 2 atom stereocenters. The number of carboxylic acid groups (broad SMARTS) is 1. The number of nitrogens with one attached hydrogen (secondary N) is 2. The van der Waals surface area contributed by atoms with Gasteiger partial charge < -0.3 is 20.5 Å². The number of carboxylic acids is 1. The fraction of sp³-hybridized carbons (Fsp3) is 0.444. The third-order valence-electron chi connectivity index (χ3n) is 7.13. The Hall–Kier alpha value is -3.35. The summed E-state index contributed by atoms with van der Waals surface area (Å²) in [5.41, 5.74) is 3.75. The summed E-state index contributed by atoms with van der Waals surface area (Å²) in [6.45, 7) is 3.79. The van der Waals surface area contributed by atoms with Crippen LogP contribution in [-0.2, 0) is 14.3 Å². The second-order valence-electron chi connectivity index (χ2n) is 9.84. The largest absolute Gasteiger partial charge is 0.481 e. The first-order valence-electron chi connectivity index (χ1n) is 11.9. The van der Waals surface area contributed by atoms with Gasteiger partial charge in [0.2, 0.25) is 5.91 Å². The third kappa shape index (κ3) is 4.93. The Morgan fingerprint density at radius 3 is 2.24 bits per heavy atom. The van der Waals surface area contributed by atoms with E-state index >= 15 is 0 Å². The standard InChI is InChI=1S/C27H32N2O5/c1-27(2,25(31)32)14-15-28-24(30)21-12-7-13-23(21)29-26(33)34-16-22-19-10-5-3-8-17(19)18-9-4-6-11-20(18)22/h3-6,8-11,21-23H,7,12-16H2,1-2H3,(H,28,30)(H,29,33)(H,31,32). The minimum absolute atomic E-state index is 0.0154. The SMILES string of the molecule is CC(C)(CCNC(=O)C1CCCC1NC(=O)OCC1c2ccccc2-c2ccccc21)C(=O)O. The second kappa shape index (κ2) is 9.87. The van der Waals surface area contributed by atoms with Crippen molar-refractivity contribution in [3.05, 3.63) is 59.7 Å². The highest BCUT2D eigenvalue weighted by Crippen LogP contribution is 2.44. The molecule has 3 N–H and O–H groups in total. The summed E-state index contributed by atoms with van der Waals surface area (Å²) in [5.74, 6) is -1.40. The van der Waals surface area contributed by atoms with Gasteiger partial charge in [0.05, 0.1) is 11.3 Å². The first-order chi connectivity index (χ1) is 16.3. The molecule has 0 spiro atoms. The average Bonchev–Trinajstić information content (AvgIpc) is 3.40. The molecule has 34 heavy (non-hydrogen) atoms. The van der Waals surface area contributed by atoms with E-state index in [0.29, 0.717) is 19.3 Å². The van der Waals surface area contributed by atoms with Crippen molar-refractivity contribution >= 4 is 18.0 Å². The van der Waals surface area contributed by atoms with E-state index in [2.05, 4.69) is 34.9 Å². The molecule has 2 aliphatic carbocycles. The predicted octanol–water partition coefficient (Wildman–Crippen LogP) is 4.31. The Morgan fingerprint density at radius 2 is 1.62 bits per heavy atom. The highest BCUT2D eigenvalue weighted by atomic mass is 16.5. The van der Waals surface area contributed by atoms with Crippen molar-refractivity contribution in [2.24, 2.45) is 11.3 Å². The van der Waals surface area contributed by atoms with Crippen LogP contribution >= 0.6 is 0 Å². The van der Waals surface area contributed by atoms with Crippen LogP contribution in [0.1, 0.15) is 56.6 Å². The van der Waals surface area contributed by atoms with Crippen LogP contribution in [0.2, 0.25) is 0 Å². The van der Waals surface area contributed by atoms with Gasteiger partial charge in [0, 0.05) is 18.5 Å². The van der Waals surface area contributed by atoms with Gasteiger partial charge in [-0.2, -0.15) is 0 Å². The summed E-state index contributed by atoms with van der Waals surface area (Å²) in [6.07, 6.45) is 2.06. The zero-order valence-corrected chi connectivity index (χ0v) is 19.7. The highest BCUT2D eigenvalue weighted by Gasteiger charge is 2.35. The molecule has 0 radical (unpaired) electrons. The van der Waals surface area contributed by atoms with Crippen molar-refractivity contribution in [1.29, 1.82) is 0 Å². The van der Waals surface area contributed by atoms with Gasteiger partial charge in [-0.3, -0.25) is 9.59 Å². The molecular formula is C27H32N2O5. The molecule has 0 aliphatic heterocycles. The minimum atomic E-state index is -0.901. The summed E-state index contributed by atoms with van der Waals surface area (Å²) in [6, 6.07) is 16.1. The fourth-order valence-electron chi connectivity index (χ4n) is 4.97. The lowest BCUT2D eigenvalue weighted by molar-refractivity contribution is -0.147. The third-order valence-corrected chi connectivity index (χ3v) is 7.13. The predicted molar refractivity (Wildman–Crippen MR) is 128 cm³/mol. The van der Waals surface area contributed by atoms with E-state index in [1.807, 2.05) is 24.3 Å². The summed E-state index contributed by atoms with van der Waals surface area (Å²) < 4.78 is 5.63. The maximum absolute atomic E-state index is 12.7. The number of amides is 2. The molecule has 2 aromatic carbocycles. The van der Waals surface area contributed by atoms with E-state index in [4.69, 9.17) is 4.74 Å². The molecule has 4 rings (SSSR count). The summed E-state index contributed by atoms with van der Waals surface area (Å²) in [7, 11) is 0. The van der Waals surface area contributed by atoms with Crippen LogP contribution in [-0.4, -0.2) is 42.3 Å². The molecule has 0 bridgehead atoms. The number of carbonyl (C=O) groups excluding carboxylic acids is 2. The Kier molecular flexibility index (Phi) is 6.91. The monoisotopic (exact) mass is 464 g/mol. The number of alkyl carbamates (subject to hydrolysis) is 1. The van der Waals surface area contributed by atoms with Crippen LogP contribution in [0.25, 0.3) is 11.1 Å². The molecule has 2 aliphatic rings. The number of fused-ring (bicyclic) bond motifs is 3. The van der Waals surface area contributed by atoms with E-state index in [1.165, 1.54) is 11.1 Å². The maximum atomic E-state index is 12.7. The number of aliphatic carboxylic acids is 1. The normalized spacial score (nSPS) is 19.2. The number of benzene rings is 2. The second-order valence-corrected chi connectivity index (χ2v) is 9.84. The van der Waals surface area contributed by atoms with E-state index in [-0.39, 0.29) is 36.9 Å². The molecule has 1 saturated carbocycles. The fourth-order valence-corrected chi connectivity index (χ4v) is 4.97. The van der Waals surface area contributed by atoms with Crippen LogP contribution in [0.15, 0.2) is 48.5 Å². The van der Waals surface area contributed by atoms with Crippen molar-refractivity contribution in [3.63, 3.8) is 0 Å². The van der Waals surface area contributed by atoms with E-state index in [0.717, 1.165) is 17.5 Å². The maximum Gasteiger partial charge on any atom is 0.407 e. The first kappa shape index (κ1) is 23.8. The average molecular weight is 465 g/mol. The van der Waals surface area contributed by atoms with E-state index in [9.17, 15) is 19.5 Å². The molecule has 7 heteroatoms. The highest BCUT2D eigenvalue weighted by molar-refractivity contribution is 5.81. The lowest BCUT2D eigenvalue weighted by Crippen LogP contribution is -2.45. The molecule has 180 valence electrons. The molecule has 2 aromatic rings. The molecule has 1 fully saturated rings. The molecule has 2 unspecified atom stereocenters. The van der Waals surface area contributed by atoms with Crippen LogP contribution in [0, 0.1) is 11.3 Å². The Morgan fingerprint density at radius 1 is 1.00 bits per heavy atom. The quantitative estimate of drug-likeness (QED) is 0.540.